The van der Waals surface area contributed by atoms with Crippen LogP contribution in [0.15, 0.2) is 59.8 Å². The largest absolute Gasteiger partial charge is 0.325 e. The van der Waals surface area contributed by atoms with E-state index in [1.807, 2.05) is 40.8 Å². The van der Waals surface area contributed by atoms with Crippen molar-refractivity contribution in [2.75, 3.05) is 11.1 Å². The highest BCUT2D eigenvalue weighted by Gasteiger charge is 2.15. The molecule has 0 aliphatic heterocycles. The zero-order valence-corrected chi connectivity index (χ0v) is 17.7. The molecular weight excluding hydrogens is 380 g/mol. The van der Waals surface area contributed by atoms with E-state index < -0.39 is 0 Å². The Morgan fingerprint density at radius 3 is 2.72 bits per heavy atom. The van der Waals surface area contributed by atoms with Crippen LogP contribution in [0.1, 0.15) is 37.3 Å². The molecule has 4 rings (SSSR count). The first-order chi connectivity index (χ1) is 14.1. The number of fused-ring (bicyclic) bond motifs is 3. The first-order valence-corrected chi connectivity index (χ1v) is 10.8. The summed E-state index contributed by atoms with van der Waals surface area (Å²) >= 11 is 1.40. The average molecular weight is 405 g/mol. The predicted octanol–water partition coefficient (Wildman–Crippen LogP) is 5.44. The van der Waals surface area contributed by atoms with E-state index in [2.05, 4.69) is 54.5 Å². The Morgan fingerprint density at radius 1 is 1.14 bits per heavy atom. The number of anilines is 1. The first kappa shape index (κ1) is 19.5. The highest BCUT2D eigenvalue weighted by Crippen LogP contribution is 2.28. The molecule has 0 unspecified atom stereocenters. The van der Waals surface area contributed by atoms with Gasteiger partial charge < -0.3 is 5.32 Å². The van der Waals surface area contributed by atoms with Crippen LogP contribution in [0.25, 0.3) is 16.6 Å². The van der Waals surface area contributed by atoms with Crippen molar-refractivity contribution in [3.05, 3.63) is 65.7 Å². The second-order valence-electron chi connectivity index (χ2n) is 7.25. The van der Waals surface area contributed by atoms with Gasteiger partial charge in [-0.1, -0.05) is 62.0 Å². The van der Waals surface area contributed by atoms with Crippen molar-refractivity contribution in [2.45, 2.75) is 38.3 Å². The first-order valence-electron chi connectivity index (χ1n) is 9.83. The lowest BCUT2D eigenvalue weighted by atomic mass is 9.97. The van der Waals surface area contributed by atoms with Gasteiger partial charge in [-0.25, -0.2) is 0 Å². The standard InChI is InChI=1S/C23H24N4OS/c1-4-15(2)17-9-5-7-11-19(17)24-22(28)14-29-23-26-25-21-13-16(3)18-10-6-8-12-20(18)27(21)23/h5-13,15H,4,14H2,1-3H3,(H,24,28)/t15-/m0/s1. The number of amides is 1. The zero-order chi connectivity index (χ0) is 20.4. The molecule has 0 radical (unpaired) electrons. The van der Waals surface area contributed by atoms with Gasteiger partial charge in [0, 0.05) is 11.1 Å². The normalized spacial score (nSPS) is 12.4. The van der Waals surface area contributed by atoms with Crippen LogP contribution in [0.3, 0.4) is 0 Å². The molecule has 0 aliphatic rings. The molecule has 0 spiro atoms. The number of thioether (sulfide) groups is 1. The molecule has 0 aliphatic carbocycles. The molecule has 4 aromatic rings. The number of hydrogen-bond donors (Lipinski definition) is 1. The fourth-order valence-corrected chi connectivity index (χ4v) is 4.30. The minimum atomic E-state index is -0.0427. The van der Waals surface area contributed by atoms with Crippen molar-refractivity contribution in [2.24, 2.45) is 0 Å². The number of pyridine rings is 1. The maximum absolute atomic E-state index is 12.6. The summed E-state index contributed by atoms with van der Waals surface area (Å²) in [4.78, 5) is 12.6. The summed E-state index contributed by atoms with van der Waals surface area (Å²) in [7, 11) is 0. The number of carbonyl (C=O) groups excluding carboxylic acids is 1. The molecule has 0 saturated carbocycles. The van der Waals surface area contributed by atoms with Crippen LogP contribution in [-0.2, 0) is 4.79 Å². The molecule has 0 bridgehead atoms. The summed E-state index contributed by atoms with van der Waals surface area (Å²) in [6.45, 7) is 6.41. The molecule has 0 saturated heterocycles. The van der Waals surface area contributed by atoms with Crippen LogP contribution < -0.4 is 5.32 Å². The number of benzene rings is 2. The van der Waals surface area contributed by atoms with Crippen molar-refractivity contribution in [1.29, 1.82) is 0 Å². The van der Waals surface area contributed by atoms with E-state index in [0.29, 0.717) is 5.92 Å². The van der Waals surface area contributed by atoms with Crippen LogP contribution in [0, 0.1) is 6.92 Å². The van der Waals surface area contributed by atoms with Gasteiger partial charge in [0.2, 0.25) is 5.91 Å². The van der Waals surface area contributed by atoms with E-state index in [1.54, 1.807) is 0 Å². The van der Waals surface area contributed by atoms with Gasteiger partial charge in [0.15, 0.2) is 10.8 Å². The van der Waals surface area contributed by atoms with Gasteiger partial charge in [0.1, 0.15) is 0 Å². The minimum absolute atomic E-state index is 0.0427. The smallest absolute Gasteiger partial charge is 0.234 e. The van der Waals surface area contributed by atoms with Crippen molar-refractivity contribution in [3.8, 4) is 0 Å². The maximum atomic E-state index is 12.6. The number of aryl methyl sites for hydroxylation is 1. The molecule has 6 heteroatoms. The number of para-hydroxylation sites is 2. The third kappa shape index (κ3) is 3.85. The van der Waals surface area contributed by atoms with E-state index in [4.69, 9.17) is 0 Å². The lowest BCUT2D eigenvalue weighted by Crippen LogP contribution is -2.16. The lowest BCUT2D eigenvalue weighted by molar-refractivity contribution is -0.113. The molecule has 29 heavy (non-hydrogen) atoms. The summed E-state index contributed by atoms with van der Waals surface area (Å²) in [5.74, 6) is 0.630. The molecule has 2 aromatic heterocycles. The van der Waals surface area contributed by atoms with Gasteiger partial charge in [0.05, 0.1) is 11.3 Å². The minimum Gasteiger partial charge on any atom is -0.325 e. The highest BCUT2D eigenvalue weighted by atomic mass is 32.2. The zero-order valence-electron chi connectivity index (χ0n) is 16.8. The number of aromatic nitrogens is 3. The molecule has 5 nitrogen and oxygen atoms in total. The van der Waals surface area contributed by atoms with E-state index in [0.717, 1.165) is 39.4 Å². The number of hydrogen-bond acceptors (Lipinski definition) is 4. The summed E-state index contributed by atoms with van der Waals surface area (Å²) in [6.07, 6.45) is 1.03. The summed E-state index contributed by atoms with van der Waals surface area (Å²) < 4.78 is 2.02. The number of nitrogens with zero attached hydrogens (tertiary/aromatic N) is 3. The molecule has 1 N–H and O–H groups in total. The number of rotatable bonds is 6. The molecule has 2 heterocycles. The van der Waals surface area contributed by atoms with Crippen LogP contribution in [0.4, 0.5) is 5.69 Å². The Hall–Kier alpha value is -2.86. The Labute approximate surface area is 174 Å². The highest BCUT2D eigenvalue weighted by molar-refractivity contribution is 7.99. The van der Waals surface area contributed by atoms with Crippen molar-refractivity contribution >= 4 is 39.9 Å². The Bertz CT molecular complexity index is 1180. The quantitative estimate of drug-likeness (QED) is 0.435. The van der Waals surface area contributed by atoms with Crippen molar-refractivity contribution in [3.63, 3.8) is 0 Å². The van der Waals surface area contributed by atoms with Crippen molar-refractivity contribution in [1.82, 2.24) is 14.6 Å². The van der Waals surface area contributed by atoms with Gasteiger partial charge in [-0.15, -0.1) is 10.2 Å². The van der Waals surface area contributed by atoms with Crippen LogP contribution >= 0.6 is 11.8 Å². The van der Waals surface area contributed by atoms with Gasteiger partial charge in [-0.2, -0.15) is 0 Å². The SMILES string of the molecule is CC[C@H](C)c1ccccc1NC(=O)CSc1nnc2cc(C)c3ccccc3n12. The van der Waals surface area contributed by atoms with Crippen LogP contribution in [-0.4, -0.2) is 26.3 Å². The number of carbonyl (C=O) groups is 1. The van der Waals surface area contributed by atoms with E-state index in [-0.39, 0.29) is 11.7 Å². The second kappa shape index (κ2) is 8.25. The fourth-order valence-electron chi connectivity index (χ4n) is 3.55. The molecule has 1 atom stereocenters. The number of nitrogens with one attached hydrogen (secondary N) is 1. The molecular formula is C23H24N4OS. The fraction of sp³-hybridized carbons (Fsp3) is 0.261. The summed E-state index contributed by atoms with van der Waals surface area (Å²) in [6, 6.07) is 18.2. The summed E-state index contributed by atoms with van der Waals surface area (Å²) in [5, 5.41) is 13.6. The van der Waals surface area contributed by atoms with Gasteiger partial charge in [0.25, 0.3) is 0 Å². The second-order valence-corrected chi connectivity index (χ2v) is 8.20. The van der Waals surface area contributed by atoms with E-state index in [1.165, 1.54) is 17.3 Å². The topological polar surface area (TPSA) is 59.3 Å². The van der Waals surface area contributed by atoms with E-state index >= 15 is 0 Å². The van der Waals surface area contributed by atoms with E-state index in [9.17, 15) is 4.79 Å². The van der Waals surface area contributed by atoms with Crippen LogP contribution in [0.5, 0.6) is 0 Å². The Kier molecular flexibility index (Phi) is 5.53. The average Bonchev–Trinajstić information content (AvgIpc) is 3.15. The molecule has 2 aromatic carbocycles. The maximum Gasteiger partial charge on any atom is 0.234 e. The lowest BCUT2D eigenvalue weighted by Gasteiger charge is -2.15. The van der Waals surface area contributed by atoms with Crippen molar-refractivity contribution < 1.29 is 4.79 Å². The monoisotopic (exact) mass is 404 g/mol. The predicted molar refractivity (Wildman–Crippen MR) is 120 cm³/mol. The molecule has 148 valence electrons. The molecule has 0 fully saturated rings. The summed E-state index contributed by atoms with van der Waals surface area (Å²) in [5.41, 5.74) is 5.07. The van der Waals surface area contributed by atoms with Gasteiger partial charge in [-0.05, 0) is 48.6 Å². The van der Waals surface area contributed by atoms with Crippen LogP contribution in [0.2, 0.25) is 0 Å². The Balaban J connectivity index is 1.55. The third-order valence-electron chi connectivity index (χ3n) is 5.28. The van der Waals surface area contributed by atoms with Gasteiger partial charge in [-0.3, -0.25) is 9.20 Å². The van der Waals surface area contributed by atoms with Gasteiger partial charge >= 0.3 is 0 Å². The molecule has 1 amide bonds. The third-order valence-corrected chi connectivity index (χ3v) is 6.21. The Morgan fingerprint density at radius 2 is 1.90 bits per heavy atom.